The lowest BCUT2D eigenvalue weighted by Crippen LogP contribution is -2.52. The minimum Gasteiger partial charge on any atom is -0.360 e. The number of nitrogens with zero attached hydrogens (tertiary/aromatic N) is 1. The van der Waals surface area contributed by atoms with Crippen LogP contribution in [-0.4, -0.2) is 41.5 Å². The Morgan fingerprint density at radius 3 is 2.88 bits per heavy atom. The number of benzene rings is 1. The van der Waals surface area contributed by atoms with Crippen molar-refractivity contribution in [2.75, 3.05) is 19.6 Å². The van der Waals surface area contributed by atoms with Crippen molar-refractivity contribution in [1.82, 2.24) is 15.2 Å². The molecular weight excluding hydrogens is 305 g/mol. The number of carbonyl (C=O) groups is 1. The highest BCUT2D eigenvalue weighted by molar-refractivity contribution is 6.08. The molecule has 1 aromatic heterocycles. The highest BCUT2D eigenvalue weighted by Gasteiger charge is 2.32. The summed E-state index contributed by atoms with van der Waals surface area (Å²) in [5.74, 6) is -0.136. The second-order valence-electron chi connectivity index (χ2n) is 7.04. The Hall–Kier alpha value is -1.72. The SMILES string of the molecule is O=C(c1c[nH]c2ccc(F)cc12)C1CCNC(N2CCCCC2)C1. The van der Waals surface area contributed by atoms with Crippen LogP contribution >= 0.6 is 0 Å². The minimum absolute atomic E-state index is 0.0143. The van der Waals surface area contributed by atoms with Gasteiger partial charge in [0.05, 0.1) is 6.17 Å². The number of aromatic nitrogens is 1. The van der Waals surface area contributed by atoms with Gasteiger partial charge in [0.25, 0.3) is 0 Å². The summed E-state index contributed by atoms with van der Waals surface area (Å²) in [6, 6.07) is 4.58. The third kappa shape index (κ3) is 2.98. The van der Waals surface area contributed by atoms with E-state index >= 15 is 0 Å². The highest BCUT2D eigenvalue weighted by Crippen LogP contribution is 2.28. The van der Waals surface area contributed by atoms with E-state index in [1.807, 2.05) is 0 Å². The number of rotatable bonds is 3. The Labute approximate surface area is 141 Å². The van der Waals surface area contributed by atoms with E-state index in [0.717, 1.165) is 38.0 Å². The first-order valence-corrected chi connectivity index (χ1v) is 9.00. The molecule has 2 atom stereocenters. The Morgan fingerprint density at radius 1 is 1.21 bits per heavy atom. The molecule has 1 aromatic carbocycles. The van der Waals surface area contributed by atoms with Crippen LogP contribution in [0, 0.1) is 11.7 Å². The van der Waals surface area contributed by atoms with Gasteiger partial charge in [-0.3, -0.25) is 9.69 Å². The van der Waals surface area contributed by atoms with Crippen molar-refractivity contribution in [3.63, 3.8) is 0 Å². The van der Waals surface area contributed by atoms with Gasteiger partial charge >= 0.3 is 0 Å². The average molecular weight is 329 g/mol. The third-order valence-electron chi connectivity index (χ3n) is 5.49. The van der Waals surface area contributed by atoms with E-state index in [2.05, 4.69) is 15.2 Å². The second-order valence-corrected chi connectivity index (χ2v) is 7.04. The van der Waals surface area contributed by atoms with E-state index in [4.69, 9.17) is 0 Å². The van der Waals surface area contributed by atoms with Crippen molar-refractivity contribution in [2.45, 2.75) is 38.3 Å². The fraction of sp³-hybridized carbons (Fsp3) is 0.526. The van der Waals surface area contributed by atoms with Crippen LogP contribution in [0.1, 0.15) is 42.5 Å². The van der Waals surface area contributed by atoms with E-state index < -0.39 is 0 Å². The first kappa shape index (κ1) is 15.8. The molecule has 2 saturated heterocycles. The standard InChI is InChI=1S/C19H24FN3O/c20-14-4-5-17-15(11-14)16(12-22-17)19(24)13-6-7-21-18(10-13)23-8-2-1-3-9-23/h4-5,11-13,18,21-22H,1-3,6-10H2. The van der Waals surface area contributed by atoms with Gasteiger partial charge in [-0.05, 0) is 63.5 Å². The molecule has 4 rings (SSSR count). The first-order chi connectivity index (χ1) is 11.7. The summed E-state index contributed by atoms with van der Waals surface area (Å²) in [6.45, 7) is 3.11. The Kier molecular flexibility index (Phi) is 4.37. The van der Waals surface area contributed by atoms with E-state index in [0.29, 0.717) is 17.1 Å². The molecule has 4 nitrogen and oxygen atoms in total. The number of fused-ring (bicyclic) bond motifs is 1. The van der Waals surface area contributed by atoms with Crippen LogP contribution in [0.3, 0.4) is 0 Å². The lowest BCUT2D eigenvalue weighted by Gasteiger charge is -2.39. The monoisotopic (exact) mass is 329 g/mol. The molecule has 0 bridgehead atoms. The molecule has 0 spiro atoms. The number of aromatic amines is 1. The van der Waals surface area contributed by atoms with Gasteiger partial charge in [-0.2, -0.15) is 0 Å². The summed E-state index contributed by atoms with van der Waals surface area (Å²) >= 11 is 0. The predicted molar refractivity (Wildman–Crippen MR) is 92.5 cm³/mol. The number of piperidine rings is 2. The number of ketones is 1. The summed E-state index contributed by atoms with van der Waals surface area (Å²) < 4.78 is 13.6. The highest BCUT2D eigenvalue weighted by atomic mass is 19.1. The fourth-order valence-corrected chi connectivity index (χ4v) is 4.16. The maximum atomic E-state index is 13.6. The van der Waals surface area contributed by atoms with Crippen molar-refractivity contribution in [1.29, 1.82) is 0 Å². The number of H-pyrrole nitrogens is 1. The lowest BCUT2D eigenvalue weighted by molar-refractivity contribution is 0.0707. The molecule has 3 heterocycles. The molecule has 5 heteroatoms. The number of likely N-dealkylation sites (tertiary alicyclic amines) is 1. The van der Waals surface area contributed by atoms with Crippen LogP contribution in [0.25, 0.3) is 10.9 Å². The number of nitrogens with one attached hydrogen (secondary N) is 2. The van der Waals surface area contributed by atoms with Gasteiger partial charge in [-0.15, -0.1) is 0 Å². The largest absolute Gasteiger partial charge is 0.360 e. The zero-order chi connectivity index (χ0) is 16.5. The van der Waals surface area contributed by atoms with Gasteiger partial charge in [-0.1, -0.05) is 6.42 Å². The zero-order valence-electron chi connectivity index (χ0n) is 13.9. The topological polar surface area (TPSA) is 48.1 Å². The summed E-state index contributed by atoms with van der Waals surface area (Å²) in [7, 11) is 0. The first-order valence-electron chi connectivity index (χ1n) is 9.00. The van der Waals surface area contributed by atoms with Crippen LogP contribution in [0.4, 0.5) is 4.39 Å². The number of hydrogen-bond donors (Lipinski definition) is 2. The van der Waals surface area contributed by atoms with Crippen LogP contribution in [-0.2, 0) is 0 Å². The van der Waals surface area contributed by atoms with E-state index in [1.165, 1.54) is 31.4 Å². The number of carbonyl (C=O) groups excluding carboxylic acids is 1. The molecule has 2 aliphatic heterocycles. The zero-order valence-corrected chi connectivity index (χ0v) is 13.9. The van der Waals surface area contributed by atoms with Crippen LogP contribution in [0.5, 0.6) is 0 Å². The molecule has 2 aromatic rings. The molecule has 0 radical (unpaired) electrons. The van der Waals surface area contributed by atoms with Crippen LogP contribution < -0.4 is 5.32 Å². The molecule has 0 amide bonds. The van der Waals surface area contributed by atoms with E-state index in [1.54, 1.807) is 12.3 Å². The minimum atomic E-state index is -0.298. The maximum Gasteiger partial charge on any atom is 0.168 e. The van der Waals surface area contributed by atoms with Gasteiger partial charge in [0.2, 0.25) is 0 Å². The molecule has 24 heavy (non-hydrogen) atoms. The molecular formula is C19H24FN3O. The Bertz CT molecular complexity index is 735. The molecule has 2 fully saturated rings. The smallest absolute Gasteiger partial charge is 0.168 e. The van der Waals surface area contributed by atoms with Gasteiger partial charge in [-0.25, -0.2) is 4.39 Å². The summed E-state index contributed by atoms with van der Waals surface area (Å²) in [5.41, 5.74) is 1.45. The predicted octanol–water partition coefficient (Wildman–Crippen LogP) is 3.30. The Balaban J connectivity index is 1.53. The fourth-order valence-electron chi connectivity index (χ4n) is 4.16. The second kappa shape index (κ2) is 6.65. The van der Waals surface area contributed by atoms with Crippen molar-refractivity contribution < 1.29 is 9.18 Å². The lowest BCUT2D eigenvalue weighted by atomic mass is 9.87. The normalized spacial score (nSPS) is 25.9. The number of halogens is 1. The van der Waals surface area contributed by atoms with Gasteiger partial charge in [0.15, 0.2) is 5.78 Å². The number of Topliss-reactive ketones (excluding diaryl/α,β-unsaturated/α-hetero) is 1. The quantitative estimate of drug-likeness (QED) is 0.850. The number of hydrogen-bond acceptors (Lipinski definition) is 3. The van der Waals surface area contributed by atoms with Gasteiger partial charge in [0.1, 0.15) is 5.82 Å². The van der Waals surface area contributed by atoms with E-state index in [-0.39, 0.29) is 17.5 Å². The average Bonchev–Trinajstić information content (AvgIpc) is 3.05. The van der Waals surface area contributed by atoms with E-state index in [9.17, 15) is 9.18 Å². The summed E-state index contributed by atoms with van der Waals surface area (Å²) in [6.07, 6.45) is 7.55. The summed E-state index contributed by atoms with van der Waals surface area (Å²) in [5, 5.41) is 4.27. The molecule has 0 saturated carbocycles. The van der Waals surface area contributed by atoms with Gasteiger partial charge in [0, 0.05) is 28.6 Å². The molecule has 128 valence electrons. The Morgan fingerprint density at radius 2 is 2.04 bits per heavy atom. The molecule has 2 aliphatic rings. The summed E-state index contributed by atoms with van der Waals surface area (Å²) in [4.78, 5) is 18.6. The van der Waals surface area contributed by atoms with Crippen molar-refractivity contribution >= 4 is 16.7 Å². The van der Waals surface area contributed by atoms with Crippen LogP contribution in [0.15, 0.2) is 24.4 Å². The molecule has 2 unspecified atom stereocenters. The molecule has 0 aliphatic carbocycles. The van der Waals surface area contributed by atoms with Crippen LogP contribution in [0.2, 0.25) is 0 Å². The van der Waals surface area contributed by atoms with Crippen molar-refractivity contribution in [3.8, 4) is 0 Å². The van der Waals surface area contributed by atoms with Crippen molar-refractivity contribution in [2.24, 2.45) is 5.92 Å². The van der Waals surface area contributed by atoms with Crippen molar-refractivity contribution in [3.05, 3.63) is 35.8 Å². The van der Waals surface area contributed by atoms with Gasteiger partial charge < -0.3 is 10.3 Å². The third-order valence-corrected chi connectivity index (χ3v) is 5.49. The molecule has 2 N–H and O–H groups in total. The maximum absolute atomic E-state index is 13.6.